The number of nitrogens with two attached hydrogens (primary N) is 1. The molecule has 1 heterocycles. The van der Waals surface area contributed by atoms with Crippen LogP contribution in [0.4, 0.5) is 19.0 Å². The summed E-state index contributed by atoms with van der Waals surface area (Å²) in [7, 11) is 0. The highest BCUT2D eigenvalue weighted by atomic mass is 19.4. The molecular formula is C7H11F3N4. The van der Waals surface area contributed by atoms with E-state index in [1.165, 1.54) is 17.9 Å². The molecule has 1 aromatic rings. The lowest BCUT2D eigenvalue weighted by Crippen LogP contribution is -2.18. The van der Waals surface area contributed by atoms with Crippen LogP contribution < -0.4 is 5.73 Å². The van der Waals surface area contributed by atoms with Gasteiger partial charge in [0, 0.05) is 6.42 Å². The Balaban J connectivity index is 2.45. The summed E-state index contributed by atoms with van der Waals surface area (Å²) in [4.78, 5) is 1.17. The molecule has 4 nitrogen and oxygen atoms in total. The molecule has 7 heteroatoms. The first-order valence-electron chi connectivity index (χ1n) is 4.09. The Labute approximate surface area is 78.9 Å². The Morgan fingerprint density at radius 3 is 2.64 bits per heavy atom. The molecule has 80 valence electrons. The predicted molar refractivity (Wildman–Crippen MR) is 44.3 cm³/mol. The van der Waals surface area contributed by atoms with Gasteiger partial charge in [-0.2, -0.15) is 23.1 Å². The van der Waals surface area contributed by atoms with Crippen molar-refractivity contribution in [1.82, 2.24) is 15.0 Å². The third kappa shape index (κ3) is 3.63. The van der Waals surface area contributed by atoms with Crippen LogP contribution in [0.3, 0.4) is 0 Å². The van der Waals surface area contributed by atoms with Crippen molar-refractivity contribution >= 4 is 5.82 Å². The number of alkyl halides is 3. The Kier molecular flexibility index (Phi) is 2.97. The number of hydrogen-bond donors (Lipinski definition) is 1. The fourth-order valence-corrected chi connectivity index (χ4v) is 1.14. The minimum absolute atomic E-state index is 0.122. The molecule has 0 aliphatic heterocycles. The average Bonchev–Trinajstić information content (AvgIpc) is 2.30. The maximum absolute atomic E-state index is 11.9. The molecule has 1 aromatic heterocycles. The first-order chi connectivity index (χ1) is 6.37. The lowest BCUT2D eigenvalue weighted by Gasteiger charge is -2.12. The summed E-state index contributed by atoms with van der Waals surface area (Å²) in [6, 6.07) is 0. The first kappa shape index (κ1) is 10.8. The highest BCUT2D eigenvalue weighted by molar-refractivity contribution is 5.19. The molecule has 1 rings (SSSR count). The zero-order valence-corrected chi connectivity index (χ0v) is 7.62. The zero-order chi connectivity index (χ0) is 10.8. The number of aromatic nitrogens is 3. The molecule has 1 unspecified atom stereocenters. The SMILES string of the molecule is CC(Cn1ncc(N)n1)CC(F)(F)F. The van der Waals surface area contributed by atoms with Gasteiger partial charge >= 0.3 is 6.18 Å². The monoisotopic (exact) mass is 208 g/mol. The van der Waals surface area contributed by atoms with Crippen LogP contribution in [-0.2, 0) is 6.54 Å². The molecule has 0 aliphatic rings. The van der Waals surface area contributed by atoms with Crippen molar-refractivity contribution in [3.8, 4) is 0 Å². The molecule has 14 heavy (non-hydrogen) atoms. The van der Waals surface area contributed by atoms with Crippen LogP contribution in [0.1, 0.15) is 13.3 Å². The zero-order valence-electron chi connectivity index (χ0n) is 7.62. The van der Waals surface area contributed by atoms with Crippen molar-refractivity contribution in [2.45, 2.75) is 26.1 Å². The van der Waals surface area contributed by atoms with Crippen LogP contribution in [-0.4, -0.2) is 21.2 Å². The van der Waals surface area contributed by atoms with Gasteiger partial charge in [0.15, 0.2) is 5.82 Å². The van der Waals surface area contributed by atoms with Crippen molar-refractivity contribution < 1.29 is 13.2 Å². The van der Waals surface area contributed by atoms with Gasteiger partial charge in [-0.3, -0.25) is 0 Å². The Hall–Kier alpha value is -1.27. The minimum Gasteiger partial charge on any atom is -0.381 e. The molecule has 1 atom stereocenters. The van der Waals surface area contributed by atoms with E-state index in [1.54, 1.807) is 0 Å². The number of anilines is 1. The van der Waals surface area contributed by atoms with E-state index in [1.807, 2.05) is 0 Å². The quantitative estimate of drug-likeness (QED) is 0.817. The van der Waals surface area contributed by atoms with Crippen LogP contribution in [0.15, 0.2) is 6.20 Å². The summed E-state index contributed by atoms with van der Waals surface area (Å²) in [5, 5.41) is 7.40. The van der Waals surface area contributed by atoms with Crippen molar-refractivity contribution in [1.29, 1.82) is 0 Å². The topological polar surface area (TPSA) is 56.7 Å². The highest BCUT2D eigenvalue weighted by Gasteiger charge is 2.30. The van der Waals surface area contributed by atoms with E-state index in [4.69, 9.17) is 5.73 Å². The smallest absolute Gasteiger partial charge is 0.381 e. The van der Waals surface area contributed by atoms with E-state index < -0.39 is 18.5 Å². The lowest BCUT2D eigenvalue weighted by molar-refractivity contribution is -0.144. The second-order valence-electron chi connectivity index (χ2n) is 3.25. The molecule has 0 saturated carbocycles. The molecule has 0 saturated heterocycles. The van der Waals surface area contributed by atoms with Gasteiger partial charge in [0.25, 0.3) is 0 Å². The van der Waals surface area contributed by atoms with Crippen LogP contribution in [0.5, 0.6) is 0 Å². The molecule has 0 aliphatic carbocycles. The van der Waals surface area contributed by atoms with Gasteiger partial charge < -0.3 is 5.73 Å². The third-order valence-electron chi connectivity index (χ3n) is 1.61. The van der Waals surface area contributed by atoms with Gasteiger partial charge in [-0.1, -0.05) is 6.92 Å². The average molecular weight is 208 g/mol. The normalized spacial score (nSPS) is 14.3. The summed E-state index contributed by atoms with van der Waals surface area (Å²) in [6.07, 6.45) is -3.67. The molecule has 0 spiro atoms. The van der Waals surface area contributed by atoms with Crippen LogP contribution in [0.25, 0.3) is 0 Å². The van der Waals surface area contributed by atoms with Gasteiger partial charge in [0.2, 0.25) is 0 Å². The van der Waals surface area contributed by atoms with Crippen molar-refractivity contribution in [3.63, 3.8) is 0 Å². The summed E-state index contributed by atoms with van der Waals surface area (Å²) >= 11 is 0. The largest absolute Gasteiger partial charge is 0.389 e. The standard InChI is InChI=1S/C7H11F3N4/c1-5(2-7(8,9)10)4-14-12-3-6(11)13-14/h3,5H,2,4H2,1H3,(H2,11,13). The summed E-state index contributed by atoms with van der Waals surface area (Å²) in [5.41, 5.74) is 5.26. The van der Waals surface area contributed by atoms with E-state index in [0.717, 1.165) is 0 Å². The molecule has 0 radical (unpaired) electrons. The Bertz CT molecular complexity index is 293. The van der Waals surface area contributed by atoms with Crippen LogP contribution >= 0.6 is 0 Å². The van der Waals surface area contributed by atoms with Crippen LogP contribution in [0, 0.1) is 5.92 Å². The second kappa shape index (κ2) is 3.85. The van der Waals surface area contributed by atoms with E-state index in [2.05, 4.69) is 10.2 Å². The molecule has 2 N–H and O–H groups in total. The molecule has 0 aromatic carbocycles. The number of nitrogens with zero attached hydrogens (tertiary/aromatic N) is 3. The highest BCUT2D eigenvalue weighted by Crippen LogP contribution is 2.25. The number of hydrogen-bond acceptors (Lipinski definition) is 3. The van der Waals surface area contributed by atoms with Gasteiger partial charge in [-0.25, -0.2) is 0 Å². The van der Waals surface area contributed by atoms with Crippen molar-refractivity contribution in [2.24, 2.45) is 5.92 Å². The van der Waals surface area contributed by atoms with Crippen molar-refractivity contribution in [2.75, 3.05) is 5.73 Å². The van der Waals surface area contributed by atoms with E-state index >= 15 is 0 Å². The maximum atomic E-state index is 11.9. The molecule has 0 bridgehead atoms. The summed E-state index contributed by atoms with van der Waals surface area (Å²) < 4.78 is 35.8. The molecule has 0 amide bonds. The Morgan fingerprint density at radius 1 is 1.57 bits per heavy atom. The number of halogens is 3. The molecule has 0 fully saturated rings. The number of rotatable bonds is 3. The van der Waals surface area contributed by atoms with E-state index in [9.17, 15) is 13.2 Å². The number of nitrogen functional groups attached to an aromatic ring is 1. The lowest BCUT2D eigenvalue weighted by atomic mass is 10.1. The van der Waals surface area contributed by atoms with E-state index in [0.29, 0.717) is 0 Å². The third-order valence-corrected chi connectivity index (χ3v) is 1.61. The first-order valence-corrected chi connectivity index (χ1v) is 4.09. The van der Waals surface area contributed by atoms with Gasteiger partial charge in [-0.05, 0) is 5.92 Å². The van der Waals surface area contributed by atoms with Gasteiger partial charge in [0.1, 0.15) is 0 Å². The predicted octanol–water partition coefficient (Wildman–Crippen LogP) is 1.45. The fraction of sp³-hybridized carbons (Fsp3) is 0.714. The maximum Gasteiger partial charge on any atom is 0.389 e. The second-order valence-corrected chi connectivity index (χ2v) is 3.25. The van der Waals surface area contributed by atoms with E-state index in [-0.39, 0.29) is 12.4 Å². The van der Waals surface area contributed by atoms with Crippen LogP contribution in [0.2, 0.25) is 0 Å². The fourth-order valence-electron chi connectivity index (χ4n) is 1.14. The summed E-state index contributed by atoms with van der Waals surface area (Å²) in [5.74, 6) is -0.342. The minimum atomic E-state index is -4.14. The van der Waals surface area contributed by atoms with Crippen molar-refractivity contribution in [3.05, 3.63) is 6.20 Å². The van der Waals surface area contributed by atoms with Gasteiger partial charge in [0.05, 0.1) is 12.7 Å². The van der Waals surface area contributed by atoms with Gasteiger partial charge in [-0.15, -0.1) is 5.10 Å². The Morgan fingerprint density at radius 2 is 2.21 bits per heavy atom. The summed E-state index contributed by atoms with van der Waals surface area (Å²) in [6.45, 7) is 1.61. The molecular weight excluding hydrogens is 197 g/mol.